The van der Waals surface area contributed by atoms with Crippen molar-refractivity contribution in [2.24, 2.45) is 7.05 Å². The Morgan fingerprint density at radius 2 is 1.96 bits per heavy atom. The molecule has 0 unspecified atom stereocenters. The van der Waals surface area contributed by atoms with Gasteiger partial charge >= 0.3 is 5.97 Å². The van der Waals surface area contributed by atoms with Gasteiger partial charge in [0.2, 0.25) is 0 Å². The highest BCUT2D eigenvalue weighted by Crippen LogP contribution is 2.21. The quantitative estimate of drug-likeness (QED) is 0.774. The molecule has 3 N–H and O–H groups in total. The van der Waals surface area contributed by atoms with E-state index in [1.54, 1.807) is 0 Å². The molecular formula is C15H14F2N2O4. The number of rotatable bonds is 5. The molecule has 1 aromatic heterocycles. The number of benzene rings is 1. The lowest BCUT2D eigenvalue weighted by molar-refractivity contribution is -0.134. The van der Waals surface area contributed by atoms with Crippen LogP contribution in [0.2, 0.25) is 0 Å². The predicted octanol–water partition coefficient (Wildman–Crippen LogP) is 1.46. The van der Waals surface area contributed by atoms with Crippen LogP contribution in [0.3, 0.4) is 0 Å². The highest BCUT2D eigenvalue weighted by molar-refractivity contribution is 5.72. The Morgan fingerprint density at radius 1 is 1.26 bits per heavy atom. The SMILES string of the molecule is Cn1c(NCC(=O)O)cc(O)c(Cc2ccc(F)c(F)c2)c1=O. The van der Waals surface area contributed by atoms with Crippen LogP contribution in [-0.4, -0.2) is 27.3 Å². The van der Waals surface area contributed by atoms with Gasteiger partial charge in [-0.1, -0.05) is 6.07 Å². The number of carboxylic acid groups (broad SMARTS) is 1. The molecule has 0 aliphatic rings. The van der Waals surface area contributed by atoms with Crippen molar-refractivity contribution in [3.05, 3.63) is 57.4 Å². The third kappa shape index (κ3) is 3.65. The van der Waals surface area contributed by atoms with Gasteiger partial charge in [0.15, 0.2) is 11.6 Å². The zero-order valence-electron chi connectivity index (χ0n) is 12.1. The number of carboxylic acids is 1. The summed E-state index contributed by atoms with van der Waals surface area (Å²) in [5.74, 6) is -3.39. The minimum absolute atomic E-state index is 0.000571. The summed E-state index contributed by atoms with van der Waals surface area (Å²) in [6, 6.07) is 4.41. The summed E-state index contributed by atoms with van der Waals surface area (Å²) in [5, 5.41) is 21.1. The van der Waals surface area contributed by atoms with Gasteiger partial charge in [-0.3, -0.25) is 14.2 Å². The van der Waals surface area contributed by atoms with Gasteiger partial charge in [0.1, 0.15) is 18.1 Å². The van der Waals surface area contributed by atoms with Gasteiger partial charge in [0.25, 0.3) is 5.56 Å². The second-order valence-electron chi connectivity index (χ2n) is 4.93. The minimum Gasteiger partial charge on any atom is -0.507 e. The molecule has 1 aromatic carbocycles. The average molecular weight is 324 g/mol. The van der Waals surface area contributed by atoms with E-state index in [1.807, 2.05) is 0 Å². The van der Waals surface area contributed by atoms with Crippen molar-refractivity contribution in [2.75, 3.05) is 11.9 Å². The molecule has 23 heavy (non-hydrogen) atoms. The molecule has 0 fully saturated rings. The van der Waals surface area contributed by atoms with E-state index in [2.05, 4.69) is 5.32 Å². The molecule has 1 heterocycles. The summed E-state index contributed by atoms with van der Waals surface area (Å²) in [7, 11) is 1.40. The molecule has 0 saturated heterocycles. The van der Waals surface area contributed by atoms with Gasteiger partial charge in [-0.2, -0.15) is 0 Å². The van der Waals surface area contributed by atoms with Crippen molar-refractivity contribution in [1.29, 1.82) is 0 Å². The number of pyridine rings is 1. The van der Waals surface area contributed by atoms with Crippen molar-refractivity contribution < 1.29 is 23.8 Å². The first-order valence-electron chi connectivity index (χ1n) is 6.61. The molecule has 0 aliphatic carbocycles. The van der Waals surface area contributed by atoms with Crippen LogP contribution >= 0.6 is 0 Å². The molecule has 0 saturated carbocycles. The highest BCUT2D eigenvalue weighted by atomic mass is 19.2. The summed E-state index contributed by atoms with van der Waals surface area (Å²) in [4.78, 5) is 22.8. The predicted molar refractivity (Wildman–Crippen MR) is 78.6 cm³/mol. The Bertz CT molecular complexity index is 818. The van der Waals surface area contributed by atoms with Gasteiger partial charge in [0, 0.05) is 19.5 Å². The van der Waals surface area contributed by atoms with Crippen molar-refractivity contribution in [1.82, 2.24) is 4.57 Å². The second-order valence-corrected chi connectivity index (χ2v) is 4.93. The summed E-state index contributed by atoms with van der Waals surface area (Å²) in [6.07, 6.45) is -0.0884. The number of aromatic nitrogens is 1. The first kappa shape index (κ1) is 16.5. The lowest BCUT2D eigenvalue weighted by Gasteiger charge is -2.13. The van der Waals surface area contributed by atoms with Crippen LogP contribution in [0, 0.1) is 11.6 Å². The lowest BCUT2D eigenvalue weighted by Crippen LogP contribution is -2.25. The van der Waals surface area contributed by atoms with Crippen LogP contribution in [0.25, 0.3) is 0 Å². The second kappa shape index (κ2) is 6.47. The van der Waals surface area contributed by atoms with Gasteiger partial charge in [-0.05, 0) is 17.7 Å². The fourth-order valence-electron chi connectivity index (χ4n) is 2.09. The number of anilines is 1. The van der Waals surface area contributed by atoms with Crippen molar-refractivity contribution in [3.63, 3.8) is 0 Å². The molecule has 0 aliphatic heterocycles. The molecule has 2 aromatic rings. The molecule has 0 amide bonds. The highest BCUT2D eigenvalue weighted by Gasteiger charge is 2.14. The van der Waals surface area contributed by atoms with E-state index in [9.17, 15) is 23.5 Å². The Labute approximate surface area is 129 Å². The van der Waals surface area contributed by atoms with Crippen molar-refractivity contribution in [2.45, 2.75) is 6.42 Å². The molecule has 0 atom stereocenters. The zero-order valence-corrected chi connectivity index (χ0v) is 12.1. The van der Waals surface area contributed by atoms with Gasteiger partial charge < -0.3 is 15.5 Å². The van der Waals surface area contributed by atoms with E-state index in [-0.39, 0.29) is 23.6 Å². The average Bonchev–Trinajstić information content (AvgIpc) is 2.49. The fourth-order valence-corrected chi connectivity index (χ4v) is 2.09. The Morgan fingerprint density at radius 3 is 2.57 bits per heavy atom. The van der Waals surface area contributed by atoms with Crippen LogP contribution < -0.4 is 10.9 Å². The molecule has 0 bridgehead atoms. The van der Waals surface area contributed by atoms with Crippen LogP contribution in [-0.2, 0) is 18.3 Å². The van der Waals surface area contributed by atoms with Gasteiger partial charge in [-0.15, -0.1) is 0 Å². The summed E-state index contributed by atoms with van der Waals surface area (Å²) in [6.45, 7) is -0.421. The summed E-state index contributed by atoms with van der Waals surface area (Å²) in [5.41, 5.74) is -0.246. The van der Waals surface area contributed by atoms with Crippen LogP contribution in [0.4, 0.5) is 14.6 Å². The Hall–Kier alpha value is -2.90. The maximum Gasteiger partial charge on any atom is 0.322 e. The number of halogens is 2. The van der Waals surface area contributed by atoms with E-state index in [0.29, 0.717) is 5.56 Å². The number of hydrogen-bond acceptors (Lipinski definition) is 4. The van der Waals surface area contributed by atoms with Crippen LogP contribution in [0.1, 0.15) is 11.1 Å². The van der Waals surface area contributed by atoms with Gasteiger partial charge in [0.05, 0.1) is 5.56 Å². The Kier molecular flexibility index (Phi) is 4.63. The van der Waals surface area contributed by atoms with E-state index in [1.165, 1.54) is 19.2 Å². The largest absolute Gasteiger partial charge is 0.507 e. The van der Waals surface area contributed by atoms with Crippen LogP contribution in [0.15, 0.2) is 29.1 Å². The summed E-state index contributed by atoms with van der Waals surface area (Å²) < 4.78 is 27.3. The molecule has 2 rings (SSSR count). The molecule has 122 valence electrons. The first-order valence-corrected chi connectivity index (χ1v) is 6.61. The lowest BCUT2D eigenvalue weighted by atomic mass is 10.0. The number of aromatic hydroxyl groups is 1. The van der Waals surface area contributed by atoms with Gasteiger partial charge in [-0.25, -0.2) is 8.78 Å². The fraction of sp³-hybridized carbons (Fsp3) is 0.200. The van der Waals surface area contributed by atoms with E-state index >= 15 is 0 Å². The maximum atomic E-state index is 13.2. The monoisotopic (exact) mass is 324 g/mol. The smallest absolute Gasteiger partial charge is 0.322 e. The van der Waals surface area contributed by atoms with Crippen molar-refractivity contribution in [3.8, 4) is 5.75 Å². The van der Waals surface area contributed by atoms with E-state index in [4.69, 9.17) is 5.11 Å². The first-order chi connectivity index (χ1) is 10.8. The number of nitrogens with zero attached hydrogens (tertiary/aromatic N) is 1. The number of aliphatic carboxylic acids is 1. The molecule has 6 nitrogen and oxygen atoms in total. The van der Waals surface area contributed by atoms with Crippen molar-refractivity contribution >= 4 is 11.8 Å². The van der Waals surface area contributed by atoms with E-state index in [0.717, 1.165) is 16.7 Å². The third-order valence-corrected chi connectivity index (χ3v) is 3.29. The zero-order chi connectivity index (χ0) is 17.1. The minimum atomic E-state index is -1.12. The summed E-state index contributed by atoms with van der Waals surface area (Å²) >= 11 is 0. The maximum absolute atomic E-state index is 13.2. The molecule has 0 radical (unpaired) electrons. The third-order valence-electron chi connectivity index (χ3n) is 3.29. The standard InChI is InChI=1S/C15H14F2N2O4/c1-19-13(18-7-14(21)22)6-12(20)9(15(19)23)4-8-2-3-10(16)11(17)5-8/h2-3,5-6,18,20H,4,7H2,1H3,(H,21,22). The number of hydrogen-bond donors (Lipinski definition) is 3. The molecule has 8 heteroatoms. The normalized spacial score (nSPS) is 10.6. The molecule has 0 spiro atoms. The topological polar surface area (TPSA) is 91.6 Å². The van der Waals surface area contributed by atoms with E-state index < -0.39 is 29.7 Å². The molecular weight excluding hydrogens is 310 g/mol. The Balaban J connectivity index is 2.36. The number of nitrogens with one attached hydrogen (secondary N) is 1. The van der Waals surface area contributed by atoms with Crippen LogP contribution in [0.5, 0.6) is 5.75 Å². The number of carbonyl (C=O) groups is 1.